The van der Waals surface area contributed by atoms with Gasteiger partial charge in [0, 0.05) is 6.54 Å². The minimum absolute atomic E-state index is 0.331. The van der Waals surface area contributed by atoms with Crippen LogP contribution in [-0.4, -0.2) is 16.6 Å². The van der Waals surface area contributed by atoms with Crippen molar-refractivity contribution in [3.63, 3.8) is 0 Å². The summed E-state index contributed by atoms with van der Waals surface area (Å²) in [7, 11) is 0. The van der Waals surface area contributed by atoms with Crippen LogP contribution in [0.2, 0.25) is 0 Å². The Bertz CT molecular complexity index is 478. The molecule has 1 aromatic rings. The van der Waals surface area contributed by atoms with Crippen molar-refractivity contribution >= 4 is 5.91 Å². The topological polar surface area (TPSA) is 49.3 Å². The first-order chi connectivity index (χ1) is 9.18. The Morgan fingerprint density at radius 1 is 1.21 bits per heavy atom. The molecule has 1 fully saturated rings. The second-order valence-corrected chi connectivity index (χ2v) is 5.01. The van der Waals surface area contributed by atoms with Crippen LogP contribution in [0.15, 0.2) is 30.3 Å². The molecule has 0 atom stereocenters. The lowest BCUT2D eigenvalue weighted by Crippen LogP contribution is -2.30. The number of hydrogen-bond donors (Lipinski definition) is 2. The molecule has 3 nitrogen and oxygen atoms in total. The van der Waals surface area contributed by atoms with Crippen LogP contribution in [0.3, 0.4) is 0 Å². The Balaban J connectivity index is 1.84. The van der Waals surface area contributed by atoms with E-state index in [0.717, 1.165) is 24.8 Å². The van der Waals surface area contributed by atoms with Crippen LogP contribution < -0.4 is 5.32 Å². The summed E-state index contributed by atoms with van der Waals surface area (Å²) < 4.78 is 0. The SMILES string of the molecule is O=C(C#CC1(O)CCCCC1)NCc1ccccc1. The van der Waals surface area contributed by atoms with Crippen molar-refractivity contribution in [3.8, 4) is 11.8 Å². The number of hydrogen-bond acceptors (Lipinski definition) is 2. The smallest absolute Gasteiger partial charge is 0.296 e. The Hall–Kier alpha value is -1.79. The fraction of sp³-hybridized carbons (Fsp3) is 0.438. The molecule has 3 heteroatoms. The van der Waals surface area contributed by atoms with Crippen molar-refractivity contribution in [1.29, 1.82) is 0 Å². The predicted molar refractivity (Wildman–Crippen MR) is 74.1 cm³/mol. The molecule has 0 heterocycles. The van der Waals surface area contributed by atoms with Gasteiger partial charge in [0.15, 0.2) is 0 Å². The Morgan fingerprint density at radius 3 is 2.58 bits per heavy atom. The minimum atomic E-state index is -0.956. The lowest BCUT2D eigenvalue weighted by atomic mass is 9.85. The summed E-state index contributed by atoms with van der Waals surface area (Å²) in [6, 6.07) is 9.68. The fourth-order valence-electron chi connectivity index (χ4n) is 2.26. The Morgan fingerprint density at radius 2 is 1.89 bits per heavy atom. The molecule has 1 aromatic carbocycles. The molecule has 1 amide bonds. The van der Waals surface area contributed by atoms with E-state index in [1.807, 2.05) is 30.3 Å². The van der Waals surface area contributed by atoms with Gasteiger partial charge in [0.1, 0.15) is 5.60 Å². The fourth-order valence-corrected chi connectivity index (χ4v) is 2.26. The first-order valence-corrected chi connectivity index (χ1v) is 6.75. The van der Waals surface area contributed by atoms with E-state index in [9.17, 15) is 9.90 Å². The highest BCUT2D eigenvalue weighted by Gasteiger charge is 2.26. The summed E-state index contributed by atoms with van der Waals surface area (Å²) in [6.45, 7) is 0.465. The molecule has 0 saturated heterocycles. The average Bonchev–Trinajstić information content (AvgIpc) is 2.45. The average molecular weight is 257 g/mol. The van der Waals surface area contributed by atoms with E-state index in [2.05, 4.69) is 17.2 Å². The first kappa shape index (κ1) is 13.6. The summed E-state index contributed by atoms with van der Waals surface area (Å²) >= 11 is 0. The van der Waals surface area contributed by atoms with Crippen LogP contribution in [-0.2, 0) is 11.3 Å². The first-order valence-electron chi connectivity index (χ1n) is 6.75. The van der Waals surface area contributed by atoms with Crippen molar-refractivity contribution in [2.24, 2.45) is 0 Å². The van der Waals surface area contributed by atoms with Crippen LogP contribution in [0.25, 0.3) is 0 Å². The third-order valence-electron chi connectivity index (χ3n) is 3.39. The number of aliphatic hydroxyl groups is 1. The van der Waals surface area contributed by atoms with E-state index in [-0.39, 0.29) is 5.91 Å². The summed E-state index contributed by atoms with van der Waals surface area (Å²) in [4.78, 5) is 11.6. The maximum absolute atomic E-state index is 11.6. The molecule has 100 valence electrons. The van der Waals surface area contributed by atoms with Gasteiger partial charge in [-0.25, -0.2) is 0 Å². The van der Waals surface area contributed by atoms with Crippen LogP contribution in [0, 0.1) is 11.8 Å². The van der Waals surface area contributed by atoms with E-state index in [1.165, 1.54) is 0 Å². The summed E-state index contributed by atoms with van der Waals surface area (Å²) in [5.74, 6) is 4.91. The van der Waals surface area contributed by atoms with E-state index < -0.39 is 5.60 Å². The molecule has 1 aliphatic rings. The number of benzene rings is 1. The molecule has 2 N–H and O–H groups in total. The molecule has 0 spiro atoms. The minimum Gasteiger partial charge on any atom is -0.378 e. The van der Waals surface area contributed by atoms with Crippen LogP contribution >= 0.6 is 0 Å². The van der Waals surface area contributed by atoms with E-state index in [1.54, 1.807) is 0 Å². The highest BCUT2D eigenvalue weighted by molar-refractivity contribution is 5.93. The van der Waals surface area contributed by atoms with Gasteiger partial charge in [-0.15, -0.1) is 0 Å². The zero-order valence-corrected chi connectivity index (χ0v) is 11.0. The van der Waals surface area contributed by atoms with Gasteiger partial charge >= 0.3 is 0 Å². The third-order valence-corrected chi connectivity index (χ3v) is 3.39. The second kappa shape index (κ2) is 6.40. The number of carbonyl (C=O) groups is 1. The van der Waals surface area contributed by atoms with Crippen LogP contribution in [0.4, 0.5) is 0 Å². The summed E-state index contributed by atoms with van der Waals surface area (Å²) in [5, 5.41) is 12.9. The van der Waals surface area contributed by atoms with Gasteiger partial charge in [0.2, 0.25) is 0 Å². The lowest BCUT2D eigenvalue weighted by Gasteiger charge is -2.26. The molecule has 0 radical (unpaired) electrons. The van der Waals surface area contributed by atoms with E-state index in [4.69, 9.17) is 0 Å². The largest absolute Gasteiger partial charge is 0.378 e. The normalized spacial score (nSPS) is 17.1. The third kappa shape index (κ3) is 4.42. The van der Waals surface area contributed by atoms with Gasteiger partial charge in [-0.05, 0) is 37.2 Å². The molecule has 0 aliphatic heterocycles. The van der Waals surface area contributed by atoms with Crippen molar-refractivity contribution in [1.82, 2.24) is 5.32 Å². The van der Waals surface area contributed by atoms with Crippen molar-refractivity contribution in [3.05, 3.63) is 35.9 Å². The monoisotopic (exact) mass is 257 g/mol. The van der Waals surface area contributed by atoms with Crippen molar-refractivity contribution < 1.29 is 9.90 Å². The summed E-state index contributed by atoms with van der Waals surface area (Å²) in [5.41, 5.74) is 0.0801. The molecule has 0 bridgehead atoms. The second-order valence-electron chi connectivity index (χ2n) is 5.01. The van der Waals surface area contributed by atoms with Crippen LogP contribution in [0.5, 0.6) is 0 Å². The number of amides is 1. The van der Waals surface area contributed by atoms with Crippen molar-refractivity contribution in [2.75, 3.05) is 0 Å². The number of nitrogens with one attached hydrogen (secondary N) is 1. The summed E-state index contributed by atoms with van der Waals surface area (Å²) in [6.07, 6.45) is 4.45. The highest BCUT2D eigenvalue weighted by Crippen LogP contribution is 2.26. The molecule has 2 rings (SSSR count). The predicted octanol–water partition coefficient (Wildman–Crippen LogP) is 2.00. The zero-order valence-electron chi connectivity index (χ0n) is 11.0. The zero-order chi connectivity index (χ0) is 13.6. The molecule has 1 saturated carbocycles. The molecule has 1 aliphatic carbocycles. The Kier molecular flexibility index (Phi) is 4.59. The molecular weight excluding hydrogens is 238 g/mol. The Labute approximate surface area is 114 Å². The van der Waals surface area contributed by atoms with E-state index in [0.29, 0.717) is 19.4 Å². The van der Waals surface area contributed by atoms with Crippen LogP contribution in [0.1, 0.15) is 37.7 Å². The van der Waals surface area contributed by atoms with Gasteiger partial charge in [-0.1, -0.05) is 42.7 Å². The molecule has 0 aromatic heterocycles. The van der Waals surface area contributed by atoms with Crippen molar-refractivity contribution in [2.45, 2.75) is 44.2 Å². The standard InChI is InChI=1S/C16H19NO2/c18-15(17-13-14-7-3-1-4-8-14)9-12-16(19)10-5-2-6-11-16/h1,3-4,7-8,19H,2,5-6,10-11,13H2,(H,17,18). The number of carbonyl (C=O) groups excluding carboxylic acids is 1. The lowest BCUT2D eigenvalue weighted by molar-refractivity contribution is -0.115. The maximum atomic E-state index is 11.6. The molecule has 19 heavy (non-hydrogen) atoms. The number of rotatable bonds is 2. The molecular formula is C16H19NO2. The van der Waals surface area contributed by atoms with E-state index >= 15 is 0 Å². The van der Waals surface area contributed by atoms with Gasteiger partial charge in [0.25, 0.3) is 5.91 Å². The quantitative estimate of drug-likeness (QED) is 0.796. The van der Waals surface area contributed by atoms with Gasteiger partial charge < -0.3 is 10.4 Å². The van der Waals surface area contributed by atoms with Gasteiger partial charge in [-0.3, -0.25) is 4.79 Å². The molecule has 0 unspecified atom stereocenters. The van der Waals surface area contributed by atoms with Gasteiger partial charge in [0.05, 0.1) is 0 Å². The maximum Gasteiger partial charge on any atom is 0.296 e. The highest BCUT2D eigenvalue weighted by atomic mass is 16.3. The van der Waals surface area contributed by atoms with Gasteiger partial charge in [-0.2, -0.15) is 0 Å².